The van der Waals surface area contributed by atoms with Gasteiger partial charge in [0, 0.05) is 25.5 Å². The maximum absolute atomic E-state index is 11.4. The molecular formula is C12H16N2O3. The van der Waals surface area contributed by atoms with E-state index in [-0.39, 0.29) is 6.10 Å². The molecule has 0 spiro atoms. The van der Waals surface area contributed by atoms with E-state index in [4.69, 9.17) is 9.47 Å². The van der Waals surface area contributed by atoms with Crippen LogP contribution in [0.15, 0.2) is 24.5 Å². The number of nitrogens with zero attached hydrogens (tertiary/aromatic N) is 1. The average molecular weight is 236 g/mol. The van der Waals surface area contributed by atoms with Crippen molar-refractivity contribution in [3.05, 3.63) is 30.1 Å². The van der Waals surface area contributed by atoms with Crippen LogP contribution in [0, 0.1) is 0 Å². The van der Waals surface area contributed by atoms with Gasteiger partial charge < -0.3 is 14.8 Å². The van der Waals surface area contributed by atoms with Crippen molar-refractivity contribution in [2.45, 2.75) is 25.5 Å². The Kier molecular flexibility index (Phi) is 4.32. The van der Waals surface area contributed by atoms with E-state index in [9.17, 15) is 4.79 Å². The Morgan fingerprint density at radius 3 is 3.06 bits per heavy atom. The Morgan fingerprint density at radius 1 is 1.53 bits per heavy atom. The highest BCUT2D eigenvalue weighted by Gasteiger charge is 2.17. The summed E-state index contributed by atoms with van der Waals surface area (Å²) in [5.41, 5.74) is 0.995. The summed E-state index contributed by atoms with van der Waals surface area (Å²) in [5, 5.41) is 2.68. The van der Waals surface area contributed by atoms with Crippen molar-refractivity contribution < 1.29 is 14.3 Å². The molecule has 1 saturated heterocycles. The molecule has 0 aliphatic carbocycles. The number of pyridine rings is 1. The first-order valence-electron chi connectivity index (χ1n) is 5.76. The Labute approximate surface area is 100 Å². The van der Waals surface area contributed by atoms with Gasteiger partial charge in [0.1, 0.15) is 6.61 Å². The molecule has 1 fully saturated rings. The van der Waals surface area contributed by atoms with Crippen molar-refractivity contribution >= 4 is 6.09 Å². The molecule has 1 aliphatic rings. The fourth-order valence-corrected chi connectivity index (χ4v) is 1.67. The minimum atomic E-state index is -0.405. The molecule has 1 aromatic rings. The van der Waals surface area contributed by atoms with E-state index in [2.05, 4.69) is 10.3 Å². The van der Waals surface area contributed by atoms with Gasteiger partial charge in [-0.1, -0.05) is 0 Å². The minimum Gasteiger partial charge on any atom is -0.447 e. The lowest BCUT2D eigenvalue weighted by Gasteiger charge is -2.10. The average Bonchev–Trinajstić information content (AvgIpc) is 2.88. The van der Waals surface area contributed by atoms with Crippen LogP contribution >= 0.6 is 0 Å². The molecule has 5 heteroatoms. The standard InChI is InChI=1S/C12H16N2O3/c15-12(17-9-11-2-1-7-16-11)14-8-10-3-5-13-6-4-10/h3-6,11H,1-2,7-9H2,(H,14,15)/t11-/m0/s1. The molecule has 1 atom stereocenters. The van der Waals surface area contributed by atoms with Crippen LogP contribution in [-0.4, -0.2) is 30.4 Å². The van der Waals surface area contributed by atoms with Crippen LogP contribution in [-0.2, 0) is 16.0 Å². The number of aromatic nitrogens is 1. The predicted molar refractivity (Wildman–Crippen MR) is 61.4 cm³/mol. The molecule has 92 valence electrons. The lowest BCUT2D eigenvalue weighted by Crippen LogP contribution is -2.27. The van der Waals surface area contributed by atoms with E-state index in [0.29, 0.717) is 13.2 Å². The first kappa shape index (κ1) is 11.9. The molecule has 1 aromatic heterocycles. The van der Waals surface area contributed by atoms with Crippen molar-refractivity contribution in [1.29, 1.82) is 0 Å². The van der Waals surface area contributed by atoms with Crippen molar-refractivity contribution in [1.82, 2.24) is 10.3 Å². The number of nitrogens with one attached hydrogen (secondary N) is 1. The van der Waals surface area contributed by atoms with E-state index >= 15 is 0 Å². The molecule has 1 aliphatic heterocycles. The van der Waals surface area contributed by atoms with Gasteiger partial charge in [0.25, 0.3) is 0 Å². The maximum atomic E-state index is 11.4. The quantitative estimate of drug-likeness (QED) is 0.860. The fraction of sp³-hybridized carbons (Fsp3) is 0.500. The van der Waals surface area contributed by atoms with Crippen LogP contribution in [0.1, 0.15) is 18.4 Å². The van der Waals surface area contributed by atoms with Crippen LogP contribution in [0.5, 0.6) is 0 Å². The normalized spacial score (nSPS) is 18.9. The maximum Gasteiger partial charge on any atom is 0.407 e. The molecule has 1 N–H and O–H groups in total. The number of amides is 1. The van der Waals surface area contributed by atoms with Gasteiger partial charge in [-0.15, -0.1) is 0 Å². The van der Waals surface area contributed by atoms with E-state index < -0.39 is 6.09 Å². The van der Waals surface area contributed by atoms with Crippen LogP contribution in [0.4, 0.5) is 4.79 Å². The van der Waals surface area contributed by atoms with Gasteiger partial charge in [0.2, 0.25) is 0 Å². The van der Waals surface area contributed by atoms with Crippen molar-refractivity contribution in [3.63, 3.8) is 0 Å². The highest BCUT2D eigenvalue weighted by atomic mass is 16.6. The second-order valence-corrected chi connectivity index (χ2v) is 3.94. The summed E-state index contributed by atoms with van der Waals surface area (Å²) < 4.78 is 10.4. The van der Waals surface area contributed by atoms with Gasteiger partial charge in [-0.3, -0.25) is 4.98 Å². The third-order valence-electron chi connectivity index (χ3n) is 2.61. The Balaban J connectivity index is 1.64. The Morgan fingerprint density at radius 2 is 2.35 bits per heavy atom. The molecule has 0 unspecified atom stereocenters. The zero-order chi connectivity index (χ0) is 11.9. The Bertz CT molecular complexity index is 350. The molecule has 2 heterocycles. The largest absolute Gasteiger partial charge is 0.447 e. The van der Waals surface area contributed by atoms with Crippen LogP contribution in [0.25, 0.3) is 0 Å². The molecule has 0 bridgehead atoms. The van der Waals surface area contributed by atoms with E-state index in [1.165, 1.54) is 0 Å². The molecule has 5 nitrogen and oxygen atoms in total. The molecular weight excluding hydrogens is 220 g/mol. The second kappa shape index (κ2) is 6.20. The summed E-state index contributed by atoms with van der Waals surface area (Å²) in [6.07, 6.45) is 5.06. The number of carbonyl (C=O) groups excluding carboxylic acids is 1. The summed E-state index contributed by atoms with van der Waals surface area (Å²) in [4.78, 5) is 15.3. The van der Waals surface area contributed by atoms with Crippen LogP contribution < -0.4 is 5.32 Å². The zero-order valence-corrected chi connectivity index (χ0v) is 9.59. The van der Waals surface area contributed by atoms with E-state index in [1.807, 2.05) is 12.1 Å². The second-order valence-electron chi connectivity index (χ2n) is 3.94. The number of hydrogen-bond donors (Lipinski definition) is 1. The van der Waals surface area contributed by atoms with Gasteiger partial charge in [-0.25, -0.2) is 4.79 Å². The summed E-state index contributed by atoms with van der Waals surface area (Å²) >= 11 is 0. The Hall–Kier alpha value is -1.62. The molecule has 17 heavy (non-hydrogen) atoms. The number of hydrogen-bond acceptors (Lipinski definition) is 4. The van der Waals surface area contributed by atoms with Gasteiger partial charge in [0.05, 0.1) is 6.10 Å². The molecule has 1 amide bonds. The van der Waals surface area contributed by atoms with Crippen molar-refractivity contribution in [2.75, 3.05) is 13.2 Å². The first-order chi connectivity index (χ1) is 8.34. The predicted octanol–water partition coefficient (Wildman–Crippen LogP) is 1.49. The summed E-state index contributed by atoms with van der Waals surface area (Å²) in [6, 6.07) is 3.70. The van der Waals surface area contributed by atoms with Crippen LogP contribution in [0.3, 0.4) is 0 Å². The smallest absolute Gasteiger partial charge is 0.407 e. The summed E-state index contributed by atoms with van der Waals surface area (Å²) in [7, 11) is 0. The van der Waals surface area contributed by atoms with Gasteiger partial charge in [0.15, 0.2) is 0 Å². The summed E-state index contributed by atoms with van der Waals surface area (Å²) in [6.45, 7) is 1.56. The zero-order valence-electron chi connectivity index (χ0n) is 9.59. The molecule has 0 saturated carbocycles. The third-order valence-corrected chi connectivity index (χ3v) is 2.61. The van der Waals surface area contributed by atoms with Gasteiger partial charge in [-0.05, 0) is 30.5 Å². The number of ether oxygens (including phenoxy) is 2. The lowest BCUT2D eigenvalue weighted by atomic mass is 10.2. The monoisotopic (exact) mass is 236 g/mol. The van der Waals surface area contributed by atoms with E-state index in [1.54, 1.807) is 12.4 Å². The van der Waals surface area contributed by atoms with Crippen molar-refractivity contribution in [2.24, 2.45) is 0 Å². The van der Waals surface area contributed by atoms with E-state index in [0.717, 1.165) is 25.0 Å². The highest BCUT2D eigenvalue weighted by molar-refractivity contribution is 5.67. The summed E-state index contributed by atoms with van der Waals surface area (Å²) in [5.74, 6) is 0. The lowest BCUT2D eigenvalue weighted by molar-refractivity contribution is 0.0437. The SMILES string of the molecule is O=C(NCc1ccncc1)OC[C@@H]1CCCO1. The highest BCUT2D eigenvalue weighted by Crippen LogP contribution is 2.11. The number of carbonyl (C=O) groups is 1. The molecule has 0 radical (unpaired) electrons. The van der Waals surface area contributed by atoms with Gasteiger partial charge >= 0.3 is 6.09 Å². The van der Waals surface area contributed by atoms with Crippen LogP contribution in [0.2, 0.25) is 0 Å². The van der Waals surface area contributed by atoms with Gasteiger partial charge in [-0.2, -0.15) is 0 Å². The minimum absolute atomic E-state index is 0.0710. The van der Waals surface area contributed by atoms with Crippen molar-refractivity contribution in [3.8, 4) is 0 Å². The molecule has 2 rings (SSSR count). The molecule has 0 aromatic carbocycles. The number of alkyl carbamates (subject to hydrolysis) is 1. The first-order valence-corrected chi connectivity index (χ1v) is 5.76. The fourth-order valence-electron chi connectivity index (χ4n) is 1.67. The topological polar surface area (TPSA) is 60.5 Å². The number of rotatable bonds is 4. The third kappa shape index (κ3) is 4.03.